The first-order valence-corrected chi connectivity index (χ1v) is 10.4. The monoisotopic (exact) mass is 427 g/mol. The van der Waals surface area contributed by atoms with E-state index in [0.29, 0.717) is 30.6 Å². The van der Waals surface area contributed by atoms with Gasteiger partial charge in [0, 0.05) is 50.6 Å². The van der Waals surface area contributed by atoms with Crippen molar-refractivity contribution in [1.29, 1.82) is 0 Å². The number of pyridine rings is 1. The molecule has 4 rings (SSSR count). The van der Waals surface area contributed by atoms with Gasteiger partial charge < -0.3 is 20.1 Å². The van der Waals surface area contributed by atoms with E-state index in [0.717, 1.165) is 25.1 Å². The SMILES string of the molecule is CO[C@H](CO)CN[C@@H]1CC[C@@]2(C1)C(=O)N1Cc3cc(C(F)(F)F)cnc3CC1C2C. The van der Waals surface area contributed by atoms with Gasteiger partial charge in [0.05, 0.1) is 23.7 Å². The number of aliphatic hydroxyl groups is 1. The number of aliphatic hydroxyl groups excluding tert-OH is 1. The quantitative estimate of drug-likeness (QED) is 0.753. The largest absolute Gasteiger partial charge is 0.417 e. The minimum atomic E-state index is -4.44. The first-order chi connectivity index (χ1) is 14.2. The Bertz CT molecular complexity index is 814. The second-order valence-corrected chi connectivity index (χ2v) is 8.87. The minimum absolute atomic E-state index is 0.0304. The van der Waals surface area contributed by atoms with Crippen molar-refractivity contribution in [2.75, 3.05) is 20.3 Å². The Morgan fingerprint density at radius 1 is 1.47 bits per heavy atom. The molecule has 166 valence electrons. The molecule has 6 nitrogen and oxygen atoms in total. The Morgan fingerprint density at radius 3 is 2.90 bits per heavy atom. The van der Waals surface area contributed by atoms with Crippen molar-refractivity contribution in [2.45, 2.75) is 63.5 Å². The van der Waals surface area contributed by atoms with Gasteiger partial charge in [0.25, 0.3) is 0 Å². The number of amides is 1. The van der Waals surface area contributed by atoms with E-state index in [-0.39, 0.29) is 43.2 Å². The van der Waals surface area contributed by atoms with E-state index in [4.69, 9.17) is 4.74 Å². The maximum atomic E-state index is 13.5. The highest BCUT2D eigenvalue weighted by Gasteiger charge is 2.60. The molecule has 2 N–H and O–H groups in total. The van der Waals surface area contributed by atoms with Crippen LogP contribution in [0.1, 0.15) is 43.0 Å². The molecule has 5 atom stereocenters. The molecule has 0 aromatic carbocycles. The molecule has 1 aromatic rings. The molecule has 1 spiro atoms. The van der Waals surface area contributed by atoms with Crippen LogP contribution in [0, 0.1) is 11.3 Å². The molecular weight excluding hydrogens is 399 g/mol. The van der Waals surface area contributed by atoms with Crippen LogP contribution in [0.25, 0.3) is 0 Å². The van der Waals surface area contributed by atoms with Crippen molar-refractivity contribution in [3.63, 3.8) is 0 Å². The Hall–Kier alpha value is -1.71. The number of carbonyl (C=O) groups excluding carboxylic acids is 1. The van der Waals surface area contributed by atoms with Gasteiger partial charge in [-0.3, -0.25) is 9.78 Å². The molecule has 2 unspecified atom stereocenters. The van der Waals surface area contributed by atoms with Gasteiger partial charge in [0.1, 0.15) is 0 Å². The van der Waals surface area contributed by atoms with Gasteiger partial charge in [-0.25, -0.2) is 0 Å². The van der Waals surface area contributed by atoms with Crippen molar-refractivity contribution in [2.24, 2.45) is 11.3 Å². The predicted octanol–water partition coefficient (Wildman–Crippen LogP) is 2.14. The lowest BCUT2D eigenvalue weighted by Crippen LogP contribution is -2.41. The van der Waals surface area contributed by atoms with Crippen molar-refractivity contribution in [1.82, 2.24) is 15.2 Å². The van der Waals surface area contributed by atoms with Gasteiger partial charge in [-0.05, 0) is 36.8 Å². The standard InChI is InChI=1S/C21H28F3N3O3/c1-12-18-6-17-13(5-14(8-26-17)21(22,23)24)10-27(18)19(29)20(12)4-3-15(7-20)25-9-16(11-28)30-2/h5,8,12,15-16,18,25,28H,3-4,6-7,9-11H2,1-2H3/t12?,15-,16+,18?,20+/m1/s1. The molecule has 1 aliphatic carbocycles. The molecule has 30 heavy (non-hydrogen) atoms. The third-order valence-corrected chi connectivity index (χ3v) is 7.39. The zero-order valence-electron chi connectivity index (χ0n) is 17.2. The Kier molecular flexibility index (Phi) is 5.57. The van der Waals surface area contributed by atoms with Crippen LogP contribution in [0.15, 0.2) is 12.3 Å². The summed E-state index contributed by atoms with van der Waals surface area (Å²) >= 11 is 0. The Morgan fingerprint density at radius 2 is 2.23 bits per heavy atom. The van der Waals surface area contributed by atoms with Crippen LogP contribution in [-0.2, 0) is 28.7 Å². The molecule has 1 amide bonds. The molecule has 3 heterocycles. The maximum Gasteiger partial charge on any atom is 0.417 e. The van der Waals surface area contributed by atoms with Crippen LogP contribution in [0.3, 0.4) is 0 Å². The van der Waals surface area contributed by atoms with E-state index >= 15 is 0 Å². The van der Waals surface area contributed by atoms with Gasteiger partial charge in [-0.15, -0.1) is 0 Å². The topological polar surface area (TPSA) is 74.7 Å². The number of rotatable bonds is 5. The molecule has 9 heteroatoms. The van der Waals surface area contributed by atoms with Gasteiger partial charge >= 0.3 is 6.18 Å². The first kappa shape index (κ1) is 21.5. The van der Waals surface area contributed by atoms with Crippen LogP contribution in [0.4, 0.5) is 13.2 Å². The lowest BCUT2D eigenvalue weighted by molar-refractivity contribution is -0.138. The summed E-state index contributed by atoms with van der Waals surface area (Å²) in [7, 11) is 1.55. The first-order valence-electron chi connectivity index (χ1n) is 10.4. The Labute approximate surface area is 173 Å². The van der Waals surface area contributed by atoms with Crippen LogP contribution >= 0.6 is 0 Å². The highest BCUT2D eigenvalue weighted by molar-refractivity contribution is 5.87. The summed E-state index contributed by atoms with van der Waals surface area (Å²) < 4.78 is 44.4. The van der Waals surface area contributed by atoms with Crippen molar-refractivity contribution in [3.05, 3.63) is 29.1 Å². The number of alkyl halides is 3. The van der Waals surface area contributed by atoms with E-state index in [1.807, 2.05) is 0 Å². The molecule has 3 aliphatic rings. The number of methoxy groups -OCH3 is 1. The molecule has 1 aromatic heterocycles. The third-order valence-electron chi connectivity index (χ3n) is 7.39. The van der Waals surface area contributed by atoms with Crippen LogP contribution in [-0.4, -0.2) is 59.3 Å². The second kappa shape index (κ2) is 7.76. The summed E-state index contributed by atoms with van der Waals surface area (Å²) in [5.74, 6) is 0.155. The molecule has 2 fully saturated rings. The Balaban J connectivity index is 1.50. The van der Waals surface area contributed by atoms with Gasteiger partial charge in [0.2, 0.25) is 5.91 Å². The lowest BCUT2D eigenvalue weighted by Gasteiger charge is -2.33. The lowest BCUT2D eigenvalue weighted by atomic mass is 9.73. The van der Waals surface area contributed by atoms with Crippen LogP contribution in [0.5, 0.6) is 0 Å². The maximum absolute atomic E-state index is 13.5. The molecule has 0 radical (unpaired) electrons. The van der Waals surface area contributed by atoms with Crippen LogP contribution < -0.4 is 5.32 Å². The number of fused-ring (bicyclic) bond motifs is 2. The number of ether oxygens (including phenoxy) is 1. The van der Waals surface area contributed by atoms with Crippen molar-refractivity contribution in [3.8, 4) is 0 Å². The summed E-state index contributed by atoms with van der Waals surface area (Å²) in [6, 6.07) is 1.26. The van der Waals surface area contributed by atoms with Crippen molar-refractivity contribution >= 4 is 5.91 Å². The number of carbonyl (C=O) groups is 1. The molecule has 0 bridgehead atoms. The summed E-state index contributed by atoms with van der Waals surface area (Å²) in [5, 5.41) is 12.7. The molecule has 2 aliphatic heterocycles. The zero-order chi connectivity index (χ0) is 21.7. The average Bonchev–Trinajstić information content (AvgIpc) is 3.23. The number of halogens is 3. The summed E-state index contributed by atoms with van der Waals surface area (Å²) in [5.41, 5.74) is -0.0912. The number of hydrogen-bond donors (Lipinski definition) is 2. The highest BCUT2D eigenvalue weighted by atomic mass is 19.4. The van der Waals surface area contributed by atoms with Gasteiger partial charge in [-0.1, -0.05) is 6.92 Å². The summed E-state index contributed by atoms with van der Waals surface area (Å²) in [4.78, 5) is 19.3. The summed E-state index contributed by atoms with van der Waals surface area (Å²) in [6.07, 6.45) is -1.03. The average molecular weight is 427 g/mol. The zero-order valence-corrected chi connectivity index (χ0v) is 17.2. The molecule has 1 saturated heterocycles. The number of nitrogens with one attached hydrogen (secondary N) is 1. The fraction of sp³-hybridized carbons (Fsp3) is 0.714. The van der Waals surface area contributed by atoms with E-state index in [1.54, 1.807) is 12.0 Å². The normalized spacial score (nSPS) is 31.9. The minimum Gasteiger partial charge on any atom is -0.394 e. The fourth-order valence-corrected chi connectivity index (χ4v) is 5.52. The third kappa shape index (κ3) is 3.50. The van der Waals surface area contributed by atoms with Crippen molar-refractivity contribution < 1.29 is 27.8 Å². The highest BCUT2D eigenvalue weighted by Crippen LogP contribution is 2.54. The molecule has 1 saturated carbocycles. The van der Waals surface area contributed by atoms with E-state index in [9.17, 15) is 23.1 Å². The van der Waals surface area contributed by atoms with Gasteiger partial charge in [-0.2, -0.15) is 13.2 Å². The van der Waals surface area contributed by atoms with Gasteiger partial charge in [0.15, 0.2) is 0 Å². The van der Waals surface area contributed by atoms with E-state index in [2.05, 4.69) is 17.2 Å². The summed E-state index contributed by atoms with van der Waals surface area (Å²) in [6.45, 7) is 2.72. The second-order valence-electron chi connectivity index (χ2n) is 8.87. The molecular formula is C21H28F3N3O3. The van der Waals surface area contributed by atoms with E-state index < -0.39 is 17.2 Å². The smallest absolute Gasteiger partial charge is 0.394 e. The number of nitrogens with zero attached hydrogens (tertiary/aromatic N) is 2. The predicted molar refractivity (Wildman–Crippen MR) is 102 cm³/mol. The van der Waals surface area contributed by atoms with E-state index in [1.165, 1.54) is 0 Å². The number of hydrogen-bond acceptors (Lipinski definition) is 5. The van der Waals surface area contributed by atoms with Crippen LogP contribution in [0.2, 0.25) is 0 Å². The fourth-order valence-electron chi connectivity index (χ4n) is 5.52. The number of aromatic nitrogens is 1.